The second-order valence-electron chi connectivity index (χ2n) is 5.46. The van der Waals surface area contributed by atoms with Crippen LogP contribution in [0.2, 0.25) is 0 Å². The standard InChI is InChI=1S/C16H24N4O3/c1-2-18-16(20-7-6-13(21)10-20)19-9-12-4-3-5-14(8-12)23-11-15(17)22/h3-5,8,13,21H,2,6-7,9-11H2,1H3,(H2,17,22)(H,18,19)/t13-/m1/s1. The van der Waals surface area contributed by atoms with Crippen LogP contribution in [0.1, 0.15) is 18.9 Å². The zero-order valence-corrected chi connectivity index (χ0v) is 13.4. The fourth-order valence-electron chi connectivity index (χ4n) is 2.41. The summed E-state index contributed by atoms with van der Waals surface area (Å²) >= 11 is 0. The third kappa shape index (κ3) is 5.45. The van der Waals surface area contributed by atoms with Crippen molar-refractivity contribution >= 4 is 11.9 Å². The van der Waals surface area contributed by atoms with Crippen LogP contribution in [0, 0.1) is 0 Å². The highest BCUT2D eigenvalue weighted by molar-refractivity contribution is 5.80. The number of nitrogens with two attached hydrogens (primary N) is 1. The molecule has 1 atom stereocenters. The molecule has 1 amide bonds. The number of carbonyl (C=O) groups excluding carboxylic acids is 1. The van der Waals surface area contributed by atoms with Gasteiger partial charge in [-0.25, -0.2) is 4.99 Å². The first kappa shape index (κ1) is 17.1. The Balaban J connectivity index is 2.01. The van der Waals surface area contributed by atoms with E-state index in [0.29, 0.717) is 18.8 Å². The number of hydrogen-bond donors (Lipinski definition) is 3. The average Bonchev–Trinajstić information content (AvgIpc) is 2.96. The normalized spacial score (nSPS) is 18.1. The number of hydrogen-bond acceptors (Lipinski definition) is 4. The van der Waals surface area contributed by atoms with Crippen molar-refractivity contribution in [3.05, 3.63) is 29.8 Å². The van der Waals surface area contributed by atoms with E-state index < -0.39 is 5.91 Å². The SMILES string of the molecule is CCNC(=NCc1cccc(OCC(N)=O)c1)N1CC[C@@H](O)C1. The van der Waals surface area contributed by atoms with Crippen LogP contribution in [0.25, 0.3) is 0 Å². The number of carbonyl (C=O) groups is 1. The maximum absolute atomic E-state index is 10.8. The van der Waals surface area contributed by atoms with E-state index >= 15 is 0 Å². The van der Waals surface area contributed by atoms with Crippen LogP contribution in [0.15, 0.2) is 29.3 Å². The van der Waals surface area contributed by atoms with Gasteiger partial charge in [-0.05, 0) is 31.0 Å². The Morgan fingerprint density at radius 3 is 3.04 bits per heavy atom. The lowest BCUT2D eigenvalue weighted by Crippen LogP contribution is -2.40. The van der Waals surface area contributed by atoms with Crippen LogP contribution in [0.4, 0.5) is 0 Å². The molecule has 1 saturated heterocycles. The van der Waals surface area contributed by atoms with Gasteiger partial charge in [0.15, 0.2) is 12.6 Å². The second kappa shape index (κ2) is 8.38. The molecule has 1 aromatic rings. The summed E-state index contributed by atoms with van der Waals surface area (Å²) in [6, 6.07) is 7.42. The van der Waals surface area contributed by atoms with E-state index in [1.807, 2.05) is 25.1 Å². The number of primary amides is 1. The smallest absolute Gasteiger partial charge is 0.255 e. The van der Waals surface area contributed by atoms with Crippen molar-refractivity contribution in [2.75, 3.05) is 26.2 Å². The molecule has 126 valence electrons. The first-order valence-corrected chi connectivity index (χ1v) is 7.80. The van der Waals surface area contributed by atoms with E-state index in [0.717, 1.165) is 31.0 Å². The number of β-amino-alcohol motifs (C(OH)–C–C–N with tert-alkyl or cyclic N) is 1. The Kier molecular flexibility index (Phi) is 6.22. The molecule has 7 nitrogen and oxygen atoms in total. The molecule has 0 aromatic heterocycles. The van der Waals surface area contributed by atoms with Gasteiger partial charge in [-0.1, -0.05) is 12.1 Å². The molecule has 0 radical (unpaired) electrons. The Hall–Kier alpha value is -2.28. The van der Waals surface area contributed by atoms with Crippen molar-refractivity contribution < 1.29 is 14.6 Å². The maximum Gasteiger partial charge on any atom is 0.255 e. The molecular weight excluding hydrogens is 296 g/mol. The van der Waals surface area contributed by atoms with Gasteiger partial charge in [0.2, 0.25) is 0 Å². The van der Waals surface area contributed by atoms with Crippen LogP contribution in [0.3, 0.4) is 0 Å². The Morgan fingerprint density at radius 1 is 1.57 bits per heavy atom. The lowest BCUT2D eigenvalue weighted by atomic mass is 10.2. The lowest BCUT2D eigenvalue weighted by Gasteiger charge is -2.21. The molecule has 0 spiro atoms. The van der Waals surface area contributed by atoms with Crippen LogP contribution in [-0.2, 0) is 11.3 Å². The van der Waals surface area contributed by atoms with Crippen LogP contribution in [0.5, 0.6) is 5.75 Å². The van der Waals surface area contributed by atoms with Crippen molar-refractivity contribution in [3.8, 4) is 5.75 Å². The maximum atomic E-state index is 10.8. The van der Waals surface area contributed by atoms with Gasteiger partial charge < -0.3 is 25.8 Å². The largest absolute Gasteiger partial charge is 0.484 e. The van der Waals surface area contributed by atoms with Gasteiger partial charge in [-0.2, -0.15) is 0 Å². The summed E-state index contributed by atoms with van der Waals surface area (Å²) in [5.41, 5.74) is 6.05. The average molecular weight is 320 g/mol. The molecule has 0 saturated carbocycles. The van der Waals surface area contributed by atoms with Gasteiger partial charge in [-0.15, -0.1) is 0 Å². The molecule has 23 heavy (non-hydrogen) atoms. The number of rotatable bonds is 6. The monoisotopic (exact) mass is 320 g/mol. The minimum atomic E-state index is -0.504. The number of nitrogens with one attached hydrogen (secondary N) is 1. The zero-order chi connectivity index (χ0) is 16.7. The highest BCUT2D eigenvalue weighted by Crippen LogP contribution is 2.15. The van der Waals surface area contributed by atoms with E-state index in [2.05, 4.69) is 15.2 Å². The third-order valence-corrected chi connectivity index (χ3v) is 3.49. The highest BCUT2D eigenvalue weighted by atomic mass is 16.5. The molecule has 1 aliphatic rings. The number of nitrogens with zero attached hydrogens (tertiary/aromatic N) is 2. The summed E-state index contributed by atoms with van der Waals surface area (Å²) in [5.74, 6) is 0.890. The van der Waals surface area contributed by atoms with Gasteiger partial charge >= 0.3 is 0 Å². The van der Waals surface area contributed by atoms with Gasteiger partial charge in [-0.3, -0.25) is 4.79 Å². The van der Waals surface area contributed by atoms with Gasteiger partial charge in [0.05, 0.1) is 12.6 Å². The molecule has 2 rings (SSSR count). The Bertz CT molecular complexity index is 562. The van der Waals surface area contributed by atoms with Crippen LogP contribution >= 0.6 is 0 Å². The molecule has 0 unspecified atom stereocenters. The predicted octanol–water partition coefficient (Wildman–Crippen LogP) is 0.0828. The molecule has 0 bridgehead atoms. The molecule has 1 aliphatic heterocycles. The van der Waals surface area contributed by atoms with E-state index in [1.165, 1.54) is 0 Å². The highest BCUT2D eigenvalue weighted by Gasteiger charge is 2.22. The number of guanidine groups is 1. The second-order valence-corrected chi connectivity index (χ2v) is 5.46. The van der Waals surface area contributed by atoms with Crippen molar-refractivity contribution in [2.24, 2.45) is 10.7 Å². The first-order chi connectivity index (χ1) is 11.1. The van der Waals surface area contributed by atoms with Gasteiger partial charge in [0.25, 0.3) is 5.91 Å². The zero-order valence-electron chi connectivity index (χ0n) is 13.4. The van der Waals surface area contributed by atoms with Crippen molar-refractivity contribution in [1.82, 2.24) is 10.2 Å². The summed E-state index contributed by atoms with van der Waals surface area (Å²) in [4.78, 5) is 17.4. The fraction of sp³-hybridized carbons (Fsp3) is 0.500. The number of aliphatic hydroxyl groups is 1. The summed E-state index contributed by atoms with van der Waals surface area (Å²) in [6.07, 6.45) is 0.477. The Morgan fingerprint density at radius 2 is 2.39 bits per heavy atom. The van der Waals surface area contributed by atoms with Crippen molar-refractivity contribution in [3.63, 3.8) is 0 Å². The van der Waals surface area contributed by atoms with Gasteiger partial charge in [0, 0.05) is 19.6 Å². The molecule has 1 aromatic carbocycles. The fourth-order valence-corrected chi connectivity index (χ4v) is 2.41. The van der Waals surface area contributed by atoms with E-state index in [4.69, 9.17) is 10.5 Å². The molecule has 4 N–H and O–H groups in total. The van der Waals surface area contributed by atoms with E-state index in [1.54, 1.807) is 6.07 Å². The number of benzene rings is 1. The molecule has 7 heteroatoms. The number of aliphatic imine (C=N–C) groups is 1. The third-order valence-electron chi connectivity index (χ3n) is 3.49. The summed E-state index contributed by atoms with van der Waals surface area (Å²) < 4.78 is 5.29. The molecule has 0 aliphatic carbocycles. The number of amides is 1. The first-order valence-electron chi connectivity index (χ1n) is 7.80. The van der Waals surface area contributed by atoms with Crippen LogP contribution in [-0.4, -0.2) is 54.2 Å². The Labute approximate surface area is 136 Å². The van der Waals surface area contributed by atoms with Crippen molar-refractivity contribution in [1.29, 1.82) is 0 Å². The van der Waals surface area contributed by atoms with E-state index in [-0.39, 0.29) is 12.7 Å². The molecule has 1 fully saturated rings. The van der Waals surface area contributed by atoms with Crippen LogP contribution < -0.4 is 15.8 Å². The number of ether oxygens (including phenoxy) is 1. The molecular formula is C16H24N4O3. The minimum Gasteiger partial charge on any atom is -0.484 e. The number of aliphatic hydroxyl groups excluding tert-OH is 1. The summed E-state index contributed by atoms with van der Waals surface area (Å²) in [5, 5.41) is 12.9. The summed E-state index contributed by atoms with van der Waals surface area (Å²) in [7, 11) is 0. The topological polar surface area (TPSA) is 100 Å². The number of likely N-dealkylation sites (tertiary alicyclic amines) is 1. The summed E-state index contributed by atoms with van der Waals surface area (Å²) in [6.45, 7) is 4.54. The predicted molar refractivity (Wildman–Crippen MR) is 88.1 cm³/mol. The minimum absolute atomic E-state index is 0.138. The van der Waals surface area contributed by atoms with Crippen molar-refractivity contribution in [2.45, 2.75) is 26.0 Å². The molecule has 1 heterocycles. The lowest BCUT2D eigenvalue weighted by molar-refractivity contribution is -0.119. The quantitative estimate of drug-likeness (QED) is 0.509. The van der Waals surface area contributed by atoms with Gasteiger partial charge in [0.1, 0.15) is 5.75 Å². The van der Waals surface area contributed by atoms with E-state index in [9.17, 15) is 9.90 Å².